The molecule has 3 aromatic carbocycles. The van der Waals surface area contributed by atoms with E-state index in [2.05, 4.69) is 22.8 Å². The Morgan fingerprint density at radius 1 is 0.926 bits per heavy atom. The highest BCUT2D eigenvalue weighted by Gasteiger charge is 2.05. The van der Waals surface area contributed by atoms with E-state index in [0.717, 1.165) is 17.9 Å². The van der Waals surface area contributed by atoms with Crippen LogP contribution in [-0.4, -0.2) is 19.1 Å². The van der Waals surface area contributed by atoms with Crippen molar-refractivity contribution in [3.63, 3.8) is 0 Å². The summed E-state index contributed by atoms with van der Waals surface area (Å²) in [4.78, 5) is 12.1. The fourth-order valence-corrected chi connectivity index (χ4v) is 2.75. The zero-order valence-corrected chi connectivity index (χ0v) is 15.6. The molecule has 3 rings (SSSR count). The Balaban J connectivity index is 1.47. The summed E-state index contributed by atoms with van der Waals surface area (Å²) in [5, 5.41) is 6.39. The Kier molecular flexibility index (Phi) is 6.72. The maximum Gasteiger partial charge on any atom is 0.243 e. The van der Waals surface area contributed by atoms with Gasteiger partial charge in [0.1, 0.15) is 5.75 Å². The van der Waals surface area contributed by atoms with Crippen molar-refractivity contribution in [2.45, 2.75) is 6.42 Å². The van der Waals surface area contributed by atoms with Gasteiger partial charge in [0.2, 0.25) is 5.91 Å². The molecule has 0 aromatic heterocycles. The molecule has 0 saturated heterocycles. The van der Waals surface area contributed by atoms with E-state index >= 15 is 0 Å². The summed E-state index contributed by atoms with van der Waals surface area (Å²) in [7, 11) is 0. The molecule has 1 amide bonds. The molecule has 0 fully saturated rings. The first-order chi connectivity index (χ1) is 13.2. The number of hydrogen-bond acceptors (Lipinski definition) is 3. The lowest BCUT2D eigenvalue weighted by Crippen LogP contribution is -2.21. The molecule has 0 spiro atoms. The third kappa shape index (κ3) is 6.04. The molecule has 4 nitrogen and oxygen atoms in total. The third-order valence-electron chi connectivity index (χ3n) is 3.94. The number of ether oxygens (including phenoxy) is 1. The maximum atomic E-state index is 12.1. The lowest BCUT2D eigenvalue weighted by atomic mass is 10.2. The number of nitrogens with one attached hydrogen (secondary N) is 2. The molecule has 27 heavy (non-hydrogen) atoms. The first kappa shape index (κ1) is 18.8. The van der Waals surface area contributed by atoms with Gasteiger partial charge in [0.15, 0.2) is 0 Å². The predicted octanol–water partition coefficient (Wildman–Crippen LogP) is 5.01. The molecule has 0 heterocycles. The standard InChI is InChI=1S/C22H21ClN2O2/c23-20-11-4-5-12-21(20)25-22(26)16-24-18-9-6-10-19(15-18)27-14-13-17-7-2-1-3-8-17/h1-12,15,24H,13-14,16H2,(H,25,26). The molecule has 3 aromatic rings. The summed E-state index contributed by atoms with van der Waals surface area (Å²) in [6, 6.07) is 24.9. The number of halogens is 1. The molecule has 0 bridgehead atoms. The molecule has 5 heteroatoms. The van der Waals surface area contributed by atoms with Gasteiger partial charge in [0.05, 0.1) is 23.9 Å². The van der Waals surface area contributed by atoms with Gasteiger partial charge in [0.25, 0.3) is 0 Å². The van der Waals surface area contributed by atoms with Crippen LogP contribution in [0.2, 0.25) is 5.02 Å². The van der Waals surface area contributed by atoms with Gasteiger partial charge in [-0.3, -0.25) is 4.79 Å². The summed E-state index contributed by atoms with van der Waals surface area (Å²) in [5.74, 6) is 0.598. The smallest absolute Gasteiger partial charge is 0.243 e. The molecule has 0 aliphatic carbocycles. The zero-order valence-electron chi connectivity index (χ0n) is 14.8. The van der Waals surface area contributed by atoms with Crippen molar-refractivity contribution < 1.29 is 9.53 Å². The highest BCUT2D eigenvalue weighted by molar-refractivity contribution is 6.33. The number of rotatable bonds is 8. The van der Waals surface area contributed by atoms with E-state index in [1.165, 1.54) is 5.56 Å². The molecule has 0 aliphatic rings. The van der Waals surface area contributed by atoms with E-state index in [-0.39, 0.29) is 12.5 Å². The first-order valence-corrected chi connectivity index (χ1v) is 9.13. The predicted molar refractivity (Wildman–Crippen MR) is 111 cm³/mol. The van der Waals surface area contributed by atoms with Crippen LogP contribution in [0.3, 0.4) is 0 Å². The topological polar surface area (TPSA) is 50.4 Å². The van der Waals surface area contributed by atoms with Gasteiger partial charge in [-0.05, 0) is 29.8 Å². The van der Waals surface area contributed by atoms with Crippen molar-refractivity contribution in [3.05, 3.63) is 89.4 Å². The lowest BCUT2D eigenvalue weighted by Gasteiger charge is -2.11. The number of carbonyl (C=O) groups excluding carboxylic acids is 1. The van der Waals surface area contributed by atoms with Gasteiger partial charge in [0, 0.05) is 18.2 Å². The normalized spacial score (nSPS) is 10.3. The average molecular weight is 381 g/mol. The van der Waals surface area contributed by atoms with Crippen LogP contribution in [0.25, 0.3) is 0 Å². The van der Waals surface area contributed by atoms with Gasteiger partial charge in [-0.1, -0.05) is 60.1 Å². The molecule has 138 valence electrons. The fraction of sp³-hybridized carbons (Fsp3) is 0.136. The van der Waals surface area contributed by atoms with Gasteiger partial charge in [-0.25, -0.2) is 0 Å². The maximum absolute atomic E-state index is 12.1. The molecule has 2 N–H and O–H groups in total. The summed E-state index contributed by atoms with van der Waals surface area (Å²) in [5.41, 5.74) is 2.66. The Morgan fingerprint density at radius 2 is 1.70 bits per heavy atom. The minimum atomic E-state index is -0.168. The number of hydrogen-bond donors (Lipinski definition) is 2. The Bertz CT molecular complexity index is 884. The van der Waals surface area contributed by atoms with Crippen LogP contribution in [0.5, 0.6) is 5.75 Å². The van der Waals surface area contributed by atoms with Crippen LogP contribution in [-0.2, 0) is 11.2 Å². The second kappa shape index (κ2) is 9.64. The second-order valence-electron chi connectivity index (χ2n) is 5.99. The highest BCUT2D eigenvalue weighted by Crippen LogP contribution is 2.21. The van der Waals surface area contributed by atoms with Crippen molar-refractivity contribution in [1.82, 2.24) is 0 Å². The summed E-state index contributed by atoms with van der Waals surface area (Å²) < 4.78 is 5.81. The highest BCUT2D eigenvalue weighted by atomic mass is 35.5. The number of anilines is 2. The number of para-hydroxylation sites is 1. The second-order valence-corrected chi connectivity index (χ2v) is 6.40. The van der Waals surface area contributed by atoms with Crippen LogP contribution < -0.4 is 15.4 Å². The fourth-order valence-electron chi connectivity index (χ4n) is 2.57. The summed E-state index contributed by atoms with van der Waals surface area (Å²) >= 11 is 6.05. The number of amides is 1. The molecule has 0 aliphatic heterocycles. The number of benzene rings is 3. The first-order valence-electron chi connectivity index (χ1n) is 8.76. The van der Waals surface area contributed by atoms with Gasteiger partial charge < -0.3 is 15.4 Å². The van der Waals surface area contributed by atoms with Crippen LogP contribution >= 0.6 is 11.6 Å². The quantitative estimate of drug-likeness (QED) is 0.577. The summed E-state index contributed by atoms with van der Waals surface area (Å²) in [6.45, 7) is 0.735. The van der Waals surface area contributed by atoms with E-state index in [1.54, 1.807) is 12.1 Å². The van der Waals surface area contributed by atoms with Crippen LogP contribution in [0.4, 0.5) is 11.4 Å². The van der Waals surface area contributed by atoms with Crippen molar-refractivity contribution >= 4 is 28.9 Å². The van der Waals surface area contributed by atoms with Gasteiger partial charge >= 0.3 is 0 Å². The largest absolute Gasteiger partial charge is 0.493 e. The molecular weight excluding hydrogens is 360 g/mol. The van der Waals surface area contributed by atoms with E-state index in [0.29, 0.717) is 17.3 Å². The molecular formula is C22H21ClN2O2. The van der Waals surface area contributed by atoms with E-state index in [4.69, 9.17) is 16.3 Å². The zero-order chi connectivity index (χ0) is 18.9. The van der Waals surface area contributed by atoms with Crippen LogP contribution in [0, 0.1) is 0 Å². The molecule has 0 radical (unpaired) electrons. The number of carbonyl (C=O) groups is 1. The van der Waals surface area contributed by atoms with Crippen molar-refractivity contribution in [2.24, 2.45) is 0 Å². The van der Waals surface area contributed by atoms with Crippen molar-refractivity contribution in [1.29, 1.82) is 0 Å². The van der Waals surface area contributed by atoms with E-state index < -0.39 is 0 Å². The van der Waals surface area contributed by atoms with Crippen LogP contribution in [0.1, 0.15) is 5.56 Å². The lowest BCUT2D eigenvalue weighted by molar-refractivity contribution is -0.114. The van der Waals surface area contributed by atoms with Crippen LogP contribution in [0.15, 0.2) is 78.9 Å². The Labute approximate surface area is 164 Å². The molecule has 0 unspecified atom stereocenters. The summed E-state index contributed by atoms with van der Waals surface area (Å²) in [6.07, 6.45) is 0.846. The Morgan fingerprint density at radius 3 is 2.52 bits per heavy atom. The average Bonchev–Trinajstić information content (AvgIpc) is 2.69. The van der Waals surface area contributed by atoms with Gasteiger partial charge in [-0.15, -0.1) is 0 Å². The monoisotopic (exact) mass is 380 g/mol. The van der Waals surface area contributed by atoms with Gasteiger partial charge in [-0.2, -0.15) is 0 Å². The molecule has 0 atom stereocenters. The minimum absolute atomic E-state index is 0.138. The molecule has 0 saturated carbocycles. The Hall–Kier alpha value is -2.98. The van der Waals surface area contributed by atoms with E-state index in [1.807, 2.05) is 54.6 Å². The third-order valence-corrected chi connectivity index (χ3v) is 4.27. The van der Waals surface area contributed by atoms with Crippen molar-refractivity contribution in [2.75, 3.05) is 23.8 Å². The SMILES string of the molecule is O=C(CNc1cccc(OCCc2ccccc2)c1)Nc1ccccc1Cl. The van der Waals surface area contributed by atoms with Crippen molar-refractivity contribution in [3.8, 4) is 5.75 Å². The van der Waals surface area contributed by atoms with E-state index in [9.17, 15) is 4.79 Å². The minimum Gasteiger partial charge on any atom is -0.493 e.